The lowest BCUT2D eigenvalue weighted by Gasteiger charge is -2.32. The van der Waals surface area contributed by atoms with E-state index in [4.69, 9.17) is 16.2 Å². The van der Waals surface area contributed by atoms with Crippen LogP contribution in [0.15, 0.2) is 29.5 Å². The third-order valence-electron chi connectivity index (χ3n) is 4.95. The summed E-state index contributed by atoms with van der Waals surface area (Å²) in [7, 11) is 0. The molecule has 1 aliphatic heterocycles. The third-order valence-corrected chi connectivity index (χ3v) is 4.95. The minimum absolute atomic E-state index is 0.0204. The fourth-order valence-corrected chi connectivity index (χ4v) is 3.34. The number of hydrogen-bond acceptors (Lipinski definition) is 8. The summed E-state index contributed by atoms with van der Waals surface area (Å²) in [5.41, 5.74) is 9.63. The average molecular weight is 409 g/mol. The van der Waals surface area contributed by atoms with Crippen LogP contribution in [-0.2, 0) is 16.8 Å². The summed E-state index contributed by atoms with van der Waals surface area (Å²) >= 11 is 0. The molecule has 1 saturated heterocycles. The number of ether oxygens (including phenoxy) is 1. The smallest absolute Gasteiger partial charge is 0.159 e. The van der Waals surface area contributed by atoms with Gasteiger partial charge in [0.2, 0.25) is 0 Å². The number of nitrogens with zero attached hydrogens (tertiary/aromatic N) is 3. The monoisotopic (exact) mass is 409 g/mol. The van der Waals surface area contributed by atoms with Crippen LogP contribution >= 0.6 is 0 Å². The van der Waals surface area contributed by atoms with Crippen molar-refractivity contribution in [3.8, 4) is 0 Å². The summed E-state index contributed by atoms with van der Waals surface area (Å²) in [6.07, 6.45) is -3.04. The molecule has 2 aromatic rings. The van der Waals surface area contributed by atoms with Gasteiger partial charge in [0, 0.05) is 6.42 Å². The van der Waals surface area contributed by atoms with Crippen molar-refractivity contribution in [3.63, 3.8) is 0 Å². The van der Waals surface area contributed by atoms with Crippen LogP contribution in [0.3, 0.4) is 0 Å². The summed E-state index contributed by atoms with van der Waals surface area (Å²) in [4.78, 5) is 11.8. The highest BCUT2D eigenvalue weighted by Crippen LogP contribution is 2.37. The summed E-state index contributed by atoms with van der Waals surface area (Å²) in [5.74, 6) is -2.17. The first kappa shape index (κ1) is 21.0. The maximum Gasteiger partial charge on any atom is 0.159 e. The van der Waals surface area contributed by atoms with E-state index in [1.165, 1.54) is 19.3 Å². The molecule has 11 heteroatoms. The molecule has 0 unspecified atom stereocenters. The van der Waals surface area contributed by atoms with Gasteiger partial charge in [-0.1, -0.05) is 6.07 Å². The van der Waals surface area contributed by atoms with Crippen LogP contribution < -0.4 is 11.5 Å². The minimum atomic E-state index is -1.92. The Morgan fingerprint density at radius 2 is 1.97 bits per heavy atom. The number of halogens is 2. The Morgan fingerprint density at radius 1 is 1.24 bits per heavy atom. The second kappa shape index (κ2) is 7.95. The van der Waals surface area contributed by atoms with Gasteiger partial charge in [0.25, 0.3) is 0 Å². The molecule has 0 bridgehead atoms. The van der Waals surface area contributed by atoms with Gasteiger partial charge in [-0.15, -0.1) is 0 Å². The van der Waals surface area contributed by atoms with E-state index in [1.807, 2.05) is 0 Å². The third kappa shape index (κ3) is 3.90. The molecule has 29 heavy (non-hydrogen) atoms. The SMILES string of the molecule is C[C@@](O)(c1ccc(F)c(F)c1)[C@H]1O[C@@H](Cc2ncnc(N)c2/N=C\N)[C@H](O)[C@@H]1O. The standard InChI is InChI=1S/C18H21F2N5O4/c1-18(28,8-2-3-9(19)10(20)4-8)16-15(27)14(26)12(29-16)5-11-13(23-6-21)17(22)25-7-24-11/h2-4,6-7,12,14-16,26-28H,5H2,1H3,(H2,21,23)(H2,22,24,25)/t12-,14-,15-,16-,18+/m0/s1. The molecule has 1 fully saturated rings. The van der Waals surface area contributed by atoms with Gasteiger partial charge in [-0.2, -0.15) is 0 Å². The van der Waals surface area contributed by atoms with Gasteiger partial charge in [-0.25, -0.2) is 23.7 Å². The van der Waals surface area contributed by atoms with Crippen molar-refractivity contribution in [2.45, 2.75) is 43.4 Å². The largest absolute Gasteiger partial charge is 0.390 e. The topological polar surface area (TPSA) is 160 Å². The molecule has 0 spiro atoms. The van der Waals surface area contributed by atoms with Crippen LogP contribution in [0, 0.1) is 11.6 Å². The zero-order valence-corrected chi connectivity index (χ0v) is 15.4. The Morgan fingerprint density at radius 3 is 2.62 bits per heavy atom. The van der Waals surface area contributed by atoms with Crippen molar-refractivity contribution in [3.05, 3.63) is 47.4 Å². The lowest BCUT2D eigenvalue weighted by molar-refractivity contribution is -0.124. The molecular formula is C18H21F2N5O4. The molecule has 0 amide bonds. The van der Waals surface area contributed by atoms with Gasteiger partial charge in [0.1, 0.15) is 35.9 Å². The van der Waals surface area contributed by atoms with E-state index in [2.05, 4.69) is 15.0 Å². The Kier molecular flexibility index (Phi) is 5.75. The predicted molar refractivity (Wildman–Crippen MR) is 99.1 cm³/mol. The average Bonchev–Trinajstić information content (AvgIpc) is 2.95. The van der Waals surface area contributed by atoms with Crippen molar-refractivity contribution in [2.75, 3.05) is 5.73 Å². The van der Waals surface area contributed by atoms with E-state index >= 15 is 0 Å². The zero-order valence-electron chi connectivity index (χ0n) is 15.4. The van der Waals surface area contributed by atoms with E-state index in [-0.39, 0.29) is 23.5 Å². The lowest BCUT2D eigenvalue weighted by Crippen LogP contribution is -2.45. The summed E-state index contributed by atoms with van der Waals surface area (Å²) in [5, 5.41) is 31.8. The highest BCUT2D eigenvalue weighted by atomic mass is 19.2. The molecule has 0 saturated carbocycles. The molecule has 0 radical (unpaired) electrons. The molecular weight excluding hydrogens is 388 g/mol. The molecule has 156 valence electrons. The van der Waals surface area contributed by atoms with Crippen LogP contribution in [0.2, 0.25) is 0 Å². The van der Waals surface area contributed by atoms with Crippen LogP contribution in [0.25, 0.3) is 0 Å². The Labute approximate surface area is 164 Å². The van der Waals surface area contributed by atoms with Crippen LogP contribution in [-0.4, -0.2) is 56.0 Å². The zero-order chi connectivity index (χ0) is 21.3. The molecule has 0 aliphatic carbocycles. The number of nitrogens with two attached hydrogens (primary N) is 2. The Balaban J connectivity index is 1.87. The Hall–Kier alpha value is -2.73. The number of aliphatic hydroxyl groups excluding tert-OH is 2. The van der Waals surface area contributed by atoms with Crippen molar-refractivity contribution in [1.82, 2.24) is 9.97 Å². The number of rotatable bonds is 5. The van der Waals surface area contributed by atoms with Gasteiger partial charge >= 0.3 is 0 Å². The fourth-order valence-electron chi connectivity index (χ4n) is 3.34. The number of benzene rings is 1. The van der Waals surface area contributed by atoms with Crippen molar-refractivity contribution in [2.24, 2.45) is 10.7 Å². The first-order valence-corrected chi connectivity index (χ1v) is 8.70. The summed E-state index contributed by atoms with van der Waals surface area (Å²) in [6, 6.07) is 2.84. The minimum Gasteiger partial charge on any atom is -0.390 e. The van der Waals surface area contributed by atoms with Crippen LogP contribution in [0.4, 0.5) is 20.3 Å². The highest BCUT2D eigenvalue weighted by Gasteiger charge is 2.51. The molecule has 1 aromatic heterocycles. The quantitative estimate of drug-likeness (QED) is 0.338. The molecule has 5 atom stereocenters. The van der Waals surface area contributed by atoms with Gasteiger partial charge in [0.15, 0.2) is 17.5 Å². The van der Waals surface area contributed by atoms with E-state index in [9.17, 15) is 24.1 Å². The molecule has 2 heterocycles. The van der Waals surface area contributed by atoms with E-state index in [1.54, 1.807) is 0 Å². The molecule has 7 N–H and O–H groups in total. The first-order chi connectivity index (χ1) is 13.7. The number of aromatic nitrogens is 2. The van der Waals surface area contributed by atoms with E-state index in [0.717, 1.165) is 18.5 Å². The molecule has 3 rings (SSSR count). The second-order valence-corrected chi connectivity index (χ2v) is 6.89. The number of aliphatic imine (C=N–C) groups is 1. The summed E-state index contributed by atoms with van der Waals surface area (Å²) < 4.78 is 32.5. The van der Waals surface area contributed by atoms with Gasteiger partial charge in [-0.05, 0) is 24.6 Å². The number of hydrogen-bond donors (Lipinski definition) is 5. The maximum absolute atomic E-state index is 13.6. The van der Waals surface area contributed by atoms with Crippen LogP contribution in [0.1, 0.15) is 18.2 Å². The first-order valence-electron chi connectivity index (χ1n) is 8.70. The van der Waals surface area contributed by atoms with E-state index < -0.39 is 41.7 Å². The number of anilines is 1. The molecule has 1 aromatic carbocycles. The normalized spacial score (nSPS) is 26.7. The van der Waals surface area contributed by atoms with Gasteiger partial charge < -0.3 is 31.5 Å². The van der Waals surface area contributed by atoms with Gasteiger partial charge in [0.05, 0.1) is 18.1 Å². The fraction of sp³-hybridized carbons (Fsp3) is 0.389. The maximum atomic E-state index is 13.6. The highest BCUT2D eigenvalue weighted by molar-refractivity contribution is 5.68. The van der Waals surface area contributed by atoms with Crippen molar-refractivity contribution < 1.29 is 28.8 Å². The van der Waals surface area contributed by atoms with Crippen molar-refractivity contribution in [1.29, 1.82) is 0 Å². The predicted octanol–water partition coefficient (Wildman–Crippen LogP) is -0.105. The number of nitrogen functional groups attached to an aromatic ring is 1. The van der Waals surface area contributed by atoms with Crippen molar-refractivity contribution >= 4 is 17.8 Å². The van der Waals surface area contributed by atoms with E-state index in [0.29, 0.717) is 5.69 Å². The lowest BCUT2D eigenvalue weighted by atomic mass is 9.86. The van der Waals surface area contributed by atoms with Crippen LogP contribution in [0.5, 0.6) is 0 Å². The second-order valence-electron chi connectivity index (χ2n) is 6.89. The molecule has 1 aliphatic rings. The number of aliphatic hydroxyl groups is 3. The molecule has 9 nitrogen and oxygen atoms in total. The summed E-state index contributed by atoms with van der Waals surface area (Å²) in [6.45, 7) is 1.27. The van der Waals surface area contributed by atoms with Gasteiger partial charge in [-0.3, -0.25) is 0 Å². The Bertz CT molecular complexity index is 927.